The minimum absolute atomic E-state index is 0.357. The molecular weight excluding hydrogens is 238 g/mol. The third-order valence-electron chi connectivity index (χ3n) is 2.49. The van der Waals surface area contributed by atoms with Crippen molar-refractivity contribution >= 4 is 0 Å². The first-order chi connectivity index (χ1) is 9.29. The van der Waals surface area contributed by atoms with Crippen LogP contribution in [0.1, 0.15) is 17.0 Å². The lowest BCUT2D eigenvalue weighted by Crippen LogP contribution is -2.01. The Labute approximate surface area is 112 Å². The van der Waals surface area contributed by atoms with Crippen LogP contribution in [0.15, 0.2) is 36.7 Å². The van der Waals surface area contributed by atoms with E-state index in [9.17, 15) is 0 Å². The molecule has 2 aromatic rings. The van der Waals surface area contributed by atoms with Crippen molar-refractivity contribution in [2.45, 2.75) is 13.5 Å². The third kappa shape index (κ3) is 3.80. The van der Waals surface area contributed by atoms with E-state index >= 15 is 0 Å². The summed E-state index contributed by atoms with van der Waals surface area (Å²) in [5.41, 5.74) is 7.31. The van der Waals surface area contributed by atoms with Crippen LogP contribution < -0.4 is 10.5 Å². The highest BCUT2D eigenvalue weighted by Gasteiger charge is 2.02. The number of hydrogen-bond acceptors (Lipinski definition) is 4. The van der Waals surface area contributed by atoms with Gasteiger partial charge in [-0.2, -0.15) is 0 Å². The highest BCUT2D eigenvalue weighted by molar-refractivity contribution is 5.43. The molecule has 0 fully saturated rings. The fourth-order valence-corrected chi connectivity index (χ4v) is 1.59. The van der Waals surface area contributed by atoms with Crippen molar-refractivity contribution in [1.29, 1.82) is 0 Å². The number of hydrogen-bond donors (Lipinski definition) is 1. The second kappa shape index (κ2) is 6.53. The number of nitrogens with two attached hydrogens (primary N) is 1. The average molecular weight is 253 g/mol. The first-order valence-electron chi connectivity index (χ1n) is 5.98. The molecular formula is C15H15N3O. The molecule has 0 aliphatic carbocycles. The van der Waals surface area contributed by atoms with Crippen LogP contribution >= 0.6 is 0 Å². The molecule has 2 rings (SSSR count). The third-order valence-corrected chi connectivity index (χ3v) is 2.49. The van der Waals surface area contributed by atoms with Crippen LogP contribution in [0.4, 0.5) is 0 Å². The Bertz CT molecular complexity index is 600. The zero-order valence-electron chi connectivity index (χ0n) is 10.8. The minimum atomic E-state index is 0.357. The Morgan fingerprint density at radius 3 is 2.74 bits per heavy atom. The molecule has 0 atom stereocenters. The van der Waals surface area contributed by atoms with Gasteiger partial charge in [0.05, 0.1) is 6.54 Å². The summed E-state index contributed by atoms with van der Waals surface area (Å²) in [7, 11) is 0. The molecule has 0 bridgehead atoms. The summed E-state index contributed by atoms with van der Waals surface area (Å²) in [6.07, 6.45) is 3.40. The number of aryl methyl sites for hydroxylation is 1. The van der Waals surface area contributed by atoms with Gasteiger partial charge in [-0.25, -0.2) is 9.97 Å². The zero-order valence-corrected chi connectivity index (χ0v) is 10.8. The summed E-state index contributed by atoms with van der Waals surface area (Å²) >= 11 is 0. The van der Waals surface area contributed by atoms with E-state index in [2.05, 4.69) is 21.8 Å². The number of nitrogens with zero attached hydrogens (tertiary/aromatic N) is 2. The van der Waals surface area contributed by atoms with Gasteiger partial charge in [-0.15, -0.1) is 0 Å². The largest absolute Gasteiger partial charge is 0.485 e. The molecule has 0 unspecified atom stereocenters. The summed E-state index contributed by atoms with van der Waals surface area (Å²) in [4.78, 5) is 8.22. The molecule has 96 valence electrons. The van der Waals surface area contributed by atoms with Gasteiger partial charge in [-0.3, -0.25) is 0 Å². The van der Waals surface area contributed by atoms with Crippen LogP contribution in [0.3, 0.4) is 0 Å². The maximum atomic E-state index is 5.68. The zero-order chi connectivity index (χ0) is 13.5. The molecule has 0 radical (unpaired) electrons. The van der Waals surface area contributed by atoms with Crippen molar-refractivity contribution < 1.29 is 4.74 Å². The summed E-state index contributed by atoms with van der Waals surface area (Å²) < 4.78 is 5.68. The summed E-state index contributed by atoms with van der Waals surface area (Å²) in [5.74, 6) is 7.29. The van der Waals surface area contributed by atoms with Crippen molar-refractivity contribution in [1.82, 2.24) is 9.97 Å². The minimum Gasteiger partial charge on any atom is -0.485 e. The number of rotatable bonds is 3. The highest BCUT2D eigenvalue weighted by atomic mass is 16.5. The Morgan fingerprint density at radius 2 is 2.05 bits per heavy atom. The fourth-order valence-electron chi connectivity index (χ4n) is 1.59. The van der Waals surface area contributed by atoms with Crippen molar-refractivity contribution in [3.05, 3.63) is 53.6 Å². The summed E-state index contributed by atoms with van der Waals surface area (Å²) in [6, 6.07) is 7.57. The lowest BCUT2D eigenvalue weighted by molar-refractivity contribution is 0.294. The molecule has 1 aromatic heterocycles. The second-order valence-corrected chi connectivity index (χ2v) is 3.94. The van der Waals surface area contributed by atoms with Crippen LogP contribution in [0.25, 0.3) is 0 Å². The molecule has 0 aliphatic rings. The molecule has 1 heterocycles. The molecule has 19 heavy (non-hydrogen) atoms. The van der Waals surface area contributed by atoms with Crippen molar-refractivity contribution in [3.63, 3.8) is 0 Å². The number of aromatic nitrogens is 2. The quantitative estimate of drug-likeness (QED) is 0.845. The maximum Gasteiger partial charge on any atom is 0.166 e. The van der Waals surface area contributed by atoms with E-state index in [1.807, 2.05) is 25.1 Å². The van der Waals surface area contributed by atoms with Crippen LogP contribution in [-0.4, -0.2) is 16.5 Å². The normalized spacial score (nSPS) is 9.58. The Balaban J connectivity index is 2.05. The van der Waals surface area contributed by atoms with Gasteiger partial charge < -0.3 is 10.5 Å². The van der Waals surface area contributed by atoms with E-state index < -0.39 is 0 Å². The van der Waals surface area contributed by atoms with E-state index in [1.165, 1.54) is 0 Å². The van der Waals surface area contributed by atoms with E-state index in [1.54, 1.807) is 18.5 Å². The first-order valence-corrected chi connectivity index (χ1v) is 5.98. The predicted octanol–water partition coefficient (Wildman–Crippen LogP) is 1.67. The lowest BCUT2D eigenvalue weighted by atomic mass is 10.1. The van der Waals surface area contributed by atoms with E-state index in [-0.39, 0.29) is 0 Å². The van der Waals surface area contributed by atoms with E-state index in [4.69, 9.17) is 10.5 Å². The van der Waals surface area contributed by atoms with Gasteiger partial charge in [0.25, 0.3) is 0 Å². The molecule has 4 heteroatoms. The number of benzene rings is 1. The maximum absolute atomic E-state index is 5.68. The monoisotopic (exact) mass is 253 g/mol. The van der Waals surface area contributed by atoms with Crippen molar-refractivity contribution in [2.24, 2.45) is 5.73 Å². The summed E-state index contributed by atoms with van der Waals surface area (Å²) in [6.45, 7) is 2.70. The van der Waals surface area contributed by atoms with Crippen LogP contribution in [0.5, 0.6) is 5.75 Å². The number of ether oxygens (including phenoxy) is 1. The van der Waals surface area contributed by atoms with Crippen molar-refractivity contribution in [3.8, 4) is 17.6 Å². The lowest BCUT2D eigenvalue weighted by Gasteiger charge is -2.08. The van der Waals surface area contributed by atoms with Gasteiger partial charge in [0.2, 0.25) is 0 Å². The Kier molecular flexibility index (Phi) is 4.49. The van der Waals surface area contributed by atoms with Crippen molar-refractivity contribution in [2.75, 3.05) is 6.54 Å². The predicted molar refractivity (Wildman–Crippen MR) is 73.5 cm³/mol. The average Bonchev–Trinajstić information content (AvgIpc) is 2.45. The van der Waals surface area contributed by atoms with E-state index in [0.29, 0.717) is 19.0 Å². The Morgan fingerprint density at radius 1 is 1.26 bits per heavy atom. The van der Waals surface area contributed by atoms with Gasteiger partial charge in [-0.05, 0) is 36.8 Å². The van der Waals surface area contributed by atoms with Crippen LogP contribution in [0.2, 0.25) is 0 Å². The molecule has 0 saturated carbocycles. The fraction of sp³-hybridized carbons (Fsp3) is 0.200. The van der Waals surface area contributed by atoms with Crippen LogP contribution in [-0.2, 0) is 6.61 Å². The molecule has 0 aliphatic heterocycles. The van der Waals surface area contributed by atoms with E-state index in [0.717, 1.165) is 16.9 Å². The van der Waals surface area contributed by atoms with Gasteiger partial charge >= 0.3 is 0 Å². The topological polar surface area (TPSA) is 61.0 Å². The molecule has 0 amide bonds. The standard InChI is InChI=1S/C15H15N3O/c1-12-10-13(4-2-7-16)5-6-14(12)19-11-15-17-8-3-9-18-15/h3,5-6,8-10H,7,11,16H2,1H3. The molecule has 2 N–H and O–H groups in total. The van der Waals surface area contributed by atoms with Gasteiger partial charge in [0.15, 0.2) is 5.82 Å². The molecule has 1 aromatic carbocycles. The van der Waals surface area contributed by atoms with Crippen LogP contribution in [0, 0.1) is 18.8 Å². The van der Waals surface area contributed by atoms with Gasteiger partial charge in [0.1, 0.15) is 12.4 Å². The van der Waals surface area contributed by atoms with Gasteiger partial charge in [-0.1, -0.05) is 11.8 Å². The first kappa shape index (κ1) is 13.1. The molecule has 4 nitrogen and oxygen atoms in total. The Hall–Kier alpha value is -2.38. The second-order valence-electron chi connectivity index (χ2n) is 3.94. The SMILES string of the molecule is Cc1cc(C#CCN)ccc1OCc1ncccn1. The molecule has 0 spiro atoms. The van der Waals surface area contributed by atoms with Gasteiger partial charge in [0, 0.05) is 18.0 Å². The smallest absolute Gasteiger partial charge is 0.166 e. The highest BCUT2D eigenvalue weighted by Crippen LogP contribution is 2.19. The summed E-state index contributed by atoms with van der Waals surface area (Å²) in [5, 5.41) is 0. The molecule has 0 saturated heterocycles.